The lowest BCUT2D eigenvalue weighted by molar-refractivity contribution is -0.0162. The lowest BCUT2D eigenvalue weighted by atomic mass is 9.65. The minimum absolute atomic E-state index is 0.163. The van der Waals surface area contributed by atoms with Gasteiger partial charge >= 0.3 is 0 Å². The van der Waals surface area contributed by atoms with E-state index in [1.807, 2.05) is 10.9 Å². The van der Waals surface area contributed by atoms with Crippen molar-refractivity contribution in [3.8, 4) is 0 Å². The van der Waals surface area contributed by atoms with Crippen LogP contribution in [-0.4, -0.2) is 21.4 Å². The Morgan fingerprint density at radius 1 is 1.55 bits per heavy atom. The zero-order valence-corrected chi connectivity index (χ0v) is 13.0. The SMILES string of the molecule is CCC1CCCC(CN)(C(O)c2cnn(C(C)C)c2)C1. The summed E-state index contributed by atoms with van der Waals surface area (Å²) in [7, 11) is 0. The van der Waals surface area contributed by atoms with Crippen molar-refractivity contribution < 1.29 is 5.11 Å². The van der Waals surface area contributed by atoms with Crippen molar-refractivity contribution in [1.82, 2.24) is 9.78 Å². The summed E-state index contributed by atoms with van der Waals surface area (Å²) in [4.78, 5) is 0. The van der Waals surface area contributed by atoms with Gasteiger partial charge in [-0.25, -0.2) is 0 Å². The molecule has 0 saturated heterocycles. The number of aliphatic hydroxyl groups is 1. The number of rotatable bonds is 5. The van der Waals surface area contributed by atoms with Gasteiger partial charge in [0.05, 0.1) is 12.3 Å². The second kappa shape index (κ2) is 6.27. The van der Waals surface area contributed by atoms with Crippen LogP contribution >= 0.6 is 0 Å². The molecule has 0 radical (unpaired) electrons. The quantitative estimate of drug-likeness (QED) is 0.870. The molecule has 3 N–H and O–H groups in total. The maximum Gasteiger partial charge on any atom is 0.0888 e. The Hall–Kier alpha value is -0.870. The van der Waals surface area contributed by atoms with Gasteiger partial charge in [0, 0.05) is 29.8 Å². The van der Waals surface area contributed by atoms with E-state index in [-0.39, 0.29) is 5.41 Å². The smallest absolute Gasteiger partial charge is 0.0888 e. The summed E-state index contributed by atoms with van der Waals surface area (Å²) >= 11 is 0. The summed E-state index contributed by atoms with van der Waals surface area (Å²) in [5, 5.41) is 15.2. The van der Waals surface area contributed by atoms with Crippen molar-refractivity contribution in [2.45, 2.75) is 65.0 Å². The molecule has 0 bridgehead atoms. The average molecular weight is 279 g/mol. The van der Waals surface area contributed by atoms with Crippen LogP contribution in [0.15, 0.2) is 12.4 Å². The van der Waals surface area contributed by atoms with Gasteiger partial charge in [0.1, 0.15) is 0 Å². The molecule has 0 aromatic carbocycles. The molecule has 1 saturated carbocycles. The fourth-order valence-corrected chi connectivity index (χ4v) is 3.55. The van der Waals surface area contributed by atoms with E-state index in [0.29, 0.717) is 18.5 Å². The summed E-state index contributed by atoms with van der Waals surface area (Å²) in [5.41, 5.74) is 6.83. The van der Waals surface area contributed by atoms with Crippen molar-refractivity contribution in [2.24, 2.45) is 17.1 Å². The van der Waals surface area contributed by atoms with Crippen molar-refractivity contribution >= 4 is 0 Å². The number of hydrogen-bond donors (Lipinski definition) is 2. The zero-order chi connectivity index (χ0) is 14.8. The highest BCUT2D eigenvalue weighted by atomic mass is 16.3. The summed E-state index contributed by atoms with van der Waals surface area (Å²) in [6.45, 7) is 6.98. The maximum atomic E-state index is 10.9. The summed E-state index contributed by atoms with van der Waals surface area (Å²) in [6.07, 6.45) is 8.97. The third kappa shape index (κ3) is 2.91. The molecule has 1 aromatic rings. The fourth-order valence-electron chi connectivity index (χ4n) is 3.55. The topological polar surface area (TPSA) is 64.1 Å². The molecule has 1 aliphatic carbocycles. The molecule has 0 amide bonds. The van der Waals surface area contributed by atoms with Crippen LogP contribution in [0.3, 0.4) is 0 Å². The Morgan fingerprint density at radius 2 is 2.30 bits per heavy atom. The van der Waals surface area contributed by atoms with Crippen LogP contribution in [0.5, 0.6) is 0 Å². The highest BCUT2D eigenvalue weighted by molar-refractivity contribution is 5.14. The second-order valence-corrected chi connectivity index (χ2v) is 6.69. The number of nitrogens with two attached hydrogens (primary N) is 1. The van der Waals surface area contributed by atoms with E-state index in [1.165, 1.54) is 19.3 Å². The Kier molecular flexibility index (Phi) is 4.86. The molecule has 20 heavy (non-hydrogen) atoms. The van der Waals surface area contributed by atoms with Crippen LogP contribution in [0.25, 0.3) is 0 Å². The molecule has 4 heteroatoms. The van der Waals surface area contributed by atoms with Crippen LogP contribution in [-0.2, 0) is 0 Å². The first kappa shape index (κ1) is 15.5. The standard InChI is InChI=1S/C16H29N3O/c1-4-13-6-5-7-16(8-13,11-17)15(20)14-9-18-19(10-14)12(2)3/h9-10,12-13,15,20H,4-8,11,17H2,1-3H3. The van der Waals surface area contributed by atoms with Gasteiger partial charge in [-0.2, -0.15) is 5.10 Å². The molecule has 1 aromatic heterocycles. The molecule has 1 heterocycles. The van der Waals surface area contributed by atoms with Crippen LogP contribution < -0.4 is 5.73 Å². The van der Waals surface area contributed by atoms with Gasteiger partial charge in [-0.15, -0.1) is 0 Å². The van der Waals surface area contributed by atoms with Gasteiger partial charge in [0.25, 0.3) is 0 Å². The van der Waals surface area contributed by atoms with Crippen LogP contribution in [0.1, 0.15) is 70.6 Å². The van der Waals surface area contributed by atoms with Crippen molar-refractivity contribution in [1.29, 1.82) is 0 Å². The highest BCUT2D eigenvalue weighted by Crippen LogP contribution is 2.48. The van der Waals surface area contributed by atoms with Crippen molar-refractivity contribution in [2.75, 3.05) is 6.54 Å². The predicted molar refractivity (Wildman–Crippen MR) is 81.3 cm³/mol. The lowest BCUT2D eigenvalue weighted by Gasteiger charge is -2.43. The molecule has 3 atom stereocenters. The van der Waals surface area contributed by atoms with E-state index < -0.39 is 6.10 Å². The molecule has 2 rings (SSSR count). The highest BCUT2D eigenvalue weighted by Gasteiger charge is 2.41. The van der Waals surface area contributed by atoms with Gasteiger partial charge < -0.3 is 10.8 Å². The Bertz CT molecular complexity index is 429. The minimum atomic E-state index is -0.491. The van der Waals surface area contributed by atoms with Gasteiger partial charge in [-0.3, -0.25) is 4.68 Å². The van der Waals surface area contributed by atoms with E-state index in [0.717, 1.165) is 18.4 Å². The lowest BCUT2D eigenvalue weighted by Crippen LogP contribution is -2.41. The molecule has 0 spiro atoms. The van der Waals surface area contributed by atoms with Gasteiger partial charge in [0.2, 0.25) is 0 Å². The molecule has 4 nitrogen and oxygen atoms in total. The molecule has 1 aliphatic rings. The van der Waals surface area contributed by atoms with E-state index in [9.17, 15) is 5.11 Å². The zero-order valence-electron chi connectivity index (χ0n) is 13.0. The molecule has 1 fully saturated rings. The summed E-state index contributed by atoms with van der Waals surface area (Å²) in [5.74, 6) is 0.696. The third-order valence-electron chi connectivity index (χ3n) is 5.01. The second-order valence-electron chi connectivity index (χ2n) is 6.69. The number of nitrogens with zero attached hydrogens (tertiary/aromatic N) is 2. The Morgan fingerprint density at radius 3 is 2.85 bits per heavy atom. The molecule has 0 aliphatic heterocycles. The van der Waals surface area contributed by atoms with Gasteiger partial charge in [0.15, 0.2) is 0 Å². The largest absolute Gasteiger partial charge is 0.388 e. The molecule has 114 valence electrons. The first-order valence-corrected chi connectivity index (χ1v) is 7.94. The average Bonchev–Trinajstić information content (AvgIpc) is 2.96. The number of hydrogen-bond acceptors (Lipinski definition) is 3. The van der Waals surface area contributed by atoms with Gasteiger partial charge in [-0.05, 0) is 32.6 Å². The van der Waals surface area contributed by atoms with Crippen molar-refractivity contribution in [3.63, 3.8) is 0 Å². The van der Waals surface area contributed by atoms with E-state index in [4.69, 9.17) is 5.73 Å². The third-order valence-corrected chi connectivity index (χ3v) is 5.01. The maximum absolute atomic E-state index is 10.9. The fraction of sp³-hybridized carbons (Fsp3) is 0.812. The monoisotopic (exact) mass is 279 g/mol. The van der Waals surface area contributed by atoms with E-state index >= 15 is 0 Å². The normalized spacial score (nSPS) is 28.8. The van der Waals surface area contributed by atoms with Crippen LogP contribution in [0.4, 0.5) is 0 Å². The molecular weight excluding hydrogens is 250 g/mol. The summed E-state index contributed by atoms with van der Waals surface area (Å²) < 4.78 is 1.91. The minimum Gasteiger partial charge on any atom is -0.388 e. The van der Waals surface area contributed by atoms with E-state index in [1.54, 1.807) is 6.20 Å². The molecular formula is C16H29N3O. The first-order chi connectivity index (χ1) is 9.52. The Labute approximate surface area is 122 Å². The van der Waals surface area contributed by atoms with Gasteiger partial charge in [-0.1, -0.05) is 26.2 Å². The van der Waals surface area contributed by atoms with E-state index in [2.05, 4.69) is 25.9 Å². The molecule has 3 unspecified atom stereocenters. The number of aliphatic hydroxyl groups excluding tert-OH is 1. The Balaban J connectivity index is 2.20. The summed E-state index contributed by atoms with van der Waals surface area (Å²) in [6, 6.07) is 0.319. The first-order valence-electron chi connectivity index (χ1n) is 7.94. The van der Waals surface area contributed by atoms with Crippen LogP contribution in [0, 0.1) is 11.3 Å². The predicted octanol–water partition coefficient (Wildman–Crippen LogP) is 3.04. The van der Waals surface area contributed by atoms with Crippen LogP contribution in [0.2, 0.25) is 0 Å². The van der Waals surface area contributed by atoms with Crippen molar-refractivity contribution in [3.05, 3.63) is 18.0 Å². The number of aromatic nitrogens is 2.